The molecule has 2 heteroatoms. The molecule has 0 aliphatic carbocycles. The van der Waals surface area contributed by atoms with Gasteiger partial charge >= 0.3 is 0 Å². The van der Waals surface area contributed by atoms with E-state index in [1.807, 2.05) is 0 Å². The first-order chi connectivity index (χ1) is 5.86. The van der Waals surface area contributed by atoms with E-state index in [-0.39, 0.29) is 0 Å². The lowest BCUT2D eigenvalue weighted by molar-refractivity contribution is 0.418. The molecular weight excluding hydrogens is 148 g/mol. The van der Waals surface area contributed by atoms with Crippen LogP contribution in [0.4, 0.5) is 0 Å². The highest BCUT2D eigenvalue weighted by Gasteiger charge is 2.17. The maximum Gasteiger partial charge on any atom is 0.00823 e. The van der Waals surface area contributed by atoms with Gasteiger partial charge in [0, 0.05) is 12.1 Å². The molecular formula is C10H22N2. The van der Waals surface area contributed by atoms with E-state index in [9.17, 15) is 0 Å². The third-order valence-corrected chi connectivity index (χ3v) is 2.78. The fourth-order valence-corrected chi connectivity index (χ4v) is 2.03. The Bertz CT molecular complexity index is 108. The Balaban J connectivity index is 2.16. The maximum absolute atomic E-state index is 3.54. The van der Waals surface area contributed by atoms with Crippen molar-refractivity contribution in [2.24, 2.45) is 0 Å². The number of hydrogen-bond acceptors (Lipinski definition) is 2. The minimum atomic E-state index is 0.727. The van der Waals surface area contributed by atoms with Crippen molar-refractivity contribution < 1.29 is 0 Å². The number of hydrogen-bond donors (Lipinski definition) is 2. The highest BCUT2D eigenvalue weighted by atomic mass is 15.0. The van der Waals surface area contributed by atoms with Crippen molar-refractivity contribution in [2.75, 3.05) is 13.6 Å². The molecule has 2 atom stereocenters. The molecule has 1 aliphatic rings. The minimum absolute atomic E-state index is 0.727. The van der Waals surface area contributed by atoms with Crippen LogP contribution in [-0.4, -0.2) is 25.7 Å². The summed E-state index contributed by atoms with van der Waals surface area (Å²) in [6.07, 6.45) is 6.66. The summed E-state index contributed by atoms with van der Waals surface area (Å²) in [6.45, 7) is 3.49. The zero-order valence-electron chi connectivity index (χ0n) is 8.40. The molecule has 1 aliphatic heterocycles. The Morgan fingerprint density at radius 1 is 1.58 bits per heavy atom. The Morgan fingerprint density at radius 3 is 2.92 bits per heavy atom. The van der Waals surface area contributed by atoms with Crippen LogP contribution >= 0.6 is 0 Å². The van der Waals surface area contributed by atoms with Crippen molar-refractivity contribution in [3.8, 4) is 0 Å². The van der Waals surface area contributed by atoms with Crippen molar-refractivity contribution in [3.05, 3.63) is 0 Å². The van der Waals surface area contributed by atoms with Gasteiger partial charge in [0.15, 0.2) is 0 Å². The zero-order chi connectivity index (χ0) is 8.81. The summed E-state index contributed by atoms with van der Waals surface area (Å²) in [4.78, 5) is 0. The van der Waals surface area contributed by atoms with Gasteiger partial charge in [-0.25, -0.2) is 0 Å². The molecule has 1 fully saturated rings. The van der Waals surface area contributed by atoms with Crippen LogP contribution in [-0.2, 0) is 0 Å². The molecule has 1 saturated heterocycles. The van der Waals surface area contributed by atoms with Crippen molar-refractivity contribution in [1.29, 1.82) is 0 Å². The predicted molar refractivity (Wildman–Crippen MR) is 53.4 cm³/mol. The predicted octanol–water partition coefficient (Wildman–Crippen LogP) is 1.52. The molecule has 0 aromatic heterocycles. The average molecular weight is 170 g/mol. The summed E-state index contributed by atoms with van der Waals surface area (Å²) in [7, 11) is 2.08. The number of nitrogens with one attached hydrogen (secondary N) is 2. The molecule has 2 N–H and O–H groups in total. The van der Waals surface area contributed by atoms with E-state index in [4.69, 9.17) is 0 Å². The fourth-order valence-electron chi connectivity index (χ4n) is 2.03. The quantitative estimate of drug-likeness (QED) is 0.653. The summed E-state index contributed by atoms with van der Waals surface area (Å²) >= 11 is 0. The molecule has 0 bridgehead atoms. The van der Waals surface area contributed by atoms with Crippen LogP contribution in [0.1, 0.15) is 39.0 Å². The second-order valence-corrected chi connectivity index (χ2v) is 3.80. The zero-order valence-corrected chi connectivity index (χ0v) is 8.40. The summed E-state index contributed by atoms with van der Waals surface area (Å²) in [5.74, 6) is 0. The highest BCUT2D eigenvalue weighted by Crippen LogP contribution is 2.13. The van der Waals surface area contributed by atoms with Gasteiger partial charge in [0.25, 0.3) is 0 Å². The van der Waals surface area contributed by atoms with Gasteiger partial charge < -0.3 is 10.6 Å². The van der Waals surface area contributed by atoms with Gasteiger partial charge in [0.2, 0.25) is 0 Å². The first kappa shape index (κ1) is 10.0. The topological polar surface area (TPSA) is 24.1 Å². The first-order valence-electron chi connectivity index (χ1n) is 5.27. The Hall–Kier alpha value is -0.0800. The van der Waals surface area contributed by atoms with Gasteiger partial charge in [-0.1, -0.05) is 13.3 Å². The molecule has 2 unspecified atom stereocenters. The molecule has 0 spiro atoms. The van der Waals surface area contributed by atoms with Gasteiger partial charge in [-0.15, -0.1) is 0 Å². The molecule has 1 heterocycles. The third kappa shape index (κ3) is 3.11. The van der Waals surface area contributed by atoms with Crippen molar-refractivity contribution in [1.82, 2.24) is 10.6 Å². The van der Waals surface area contributed by atoms with E-state index >= 15 is 0 Å². The van der Waals surface area contributed by atoms with Crippen molar-refractivity contribution in [3.63, 3.8) is 0 Å². The van der Waals surface area contributed by atoms with Gasteiger partial charge in [-0.2, -0.15) is 0 Å². The summed E-state index contributed by atoms with van der Waals surface area (Å²) in [5, 5.41) is 6.93. The monoisotopic (exact) mass is 170 g/mol. The molecule has 1 rings (SSSR count). The van der Waals surface area contributed by atoms with Crippen molar-refractivity contribution >= 4 is 0 Å². The van der Waals surface area contributed by atoms with Crippen LogP contribution in [0.2, 0.25) is 0 Å². The second-order valence-electron chi connectivity index (χ2n) is 3.80. The van der Waals surface area contributed by atoms with E-state index in [2.05, 4.69) is 24.6 Å². The van der Waals surface area contributed by atoms with E-state index < -0.39 is 0 Å². The Morgan fingerprint density at radius 2 is 2.42 bits per heavy atom. The fraction of sp³-hybridized carbons (Fsp3) is 1.00. The lowest BCUT2D eigenvalue weighted by Gasteiger charge is -2.19. The van der Waals surface area contributed by atoms with E-state index in [0.29, 0.717) is 0 Å². The van der Waals surface area contributed by atoms with Crippen LogP contribution in [0.5, 0.6) is 0 Å². The maximum atomic E-state index is 3.54. The molecule has 2 nitrogen and oxygen atoms in total. The van der Waals surface area contributed by atoms with Gasteiger partial charge in [0.05, 0.1) is 0 Å². The molecule has 0 saturated carbocycles. The average Bonchev–Trinajstić information content (AvgIpc) is 2.56. The molecule has 72 valence electrons. The summed E-state index contributed by atoms with van der Waals surface area (Å²) in [6, 6.07) is 1.51. The van der Waals surface area contributed by atoms with Gasteiger partial charge in [-0.05, 0) is 39.3 Å². The normalized spacial score (nSPS) is 26.0. The minimum Gasteiger partial charge on any atom is -0.317 e. The Labute approximate surface area is 76.1 Å². The molecule has 0 radical (unpaired) electrons. The largest absolute Gasteiger partial charge is 0.317 e. The standard InChI is InChI=1S/C10H22N2/c1-3-5-9(11-2)8-10-6-4-7-12-10/h9-12H,3-8H2,1-2H3. The van der Waals surface area contributed by atoms with Gasteiger partial charge in [0.1, 0.15) is 0 Å². The van der Waals surface area contributed by atoms with Crippen LogP contribution < -0.4 is 10.6 Å². The SMILES string of the molecule is CCCC(CC1CCCN1)NC. The smallest absolute Gasteiger partial charge is 0.00823 e. The molecule has 12 heavy (non-hydrogen) atoms. The first-order valence-corrected chi connectivity index (χ1v) is 5.27. The summed E-state index contributed by atoms with van der Waals surface area (Å²) in [5.41, 5.74) is 0. The van der Waals surface area contributed by atoms with Gasteiger partial charge in [-0.3, -0.25) is 0 Å². The van der Waals surface area contributed by atoms with E-state index in [1.54, 1.807) is 0 Å². The van der Waals surface area contributed by atoms with Crippen LogP contribution in [0, 0.1) is 0 Å². The third-order valence-electron chi connectivity index (χ3n) is 2.78. The lowest BCUT2D eigenvalue weighted by Crippen LogP contribution is -2.33. The molecule has 0 amide bonds. The number of rotatable bonds is 5. The molecule has 0 aromatic rings. The Kier molecular flexibility index (Phi) is 4.62. The van der Waals surface area contributed by atoms with Crippen LogP contribution in [0.25, 0.3) is 0 Å². The summed E-state index contributed by atoms with van der Waals surface area (Å²) < 4.78 is 0. The second kappa shape index (κ2) is 5.55. The lowest BCUT2D eigenvalue weighted by atomic mass is 10.0. The van der Waals surface area contributed by atoms with Crippen LogP contribution in [0.15, 0.2) is 0 Å². The highest BCUT2D eigenvalue weighted by molar-refractivity contribution is 4.79. The van der Waals surface area contributed by atoms with Crippen molar-refractivity contribution in [2.45, 2.75) is 51.1 Å². The molecule has 0 aromatic carbocycles. The van der Waals surface area contributed by atoms with E-state index in [0.717, 1.165) is 12.1 Å². The van der Waals surface area contributed by atoms with E-state index in [1.165, 1.54) is 38.6 Å². The van der Waals surface area contributed by atoms with Crippen LogP contribution in [0.3, 0.4) is 0 Å².